The first-order valence-electron chi connectivity index (χ1n) is 8.47. The zero-order valence-electron chi connectivity index (χ0n) is 15.2. The monoisotopic (exact) mass is 363 g/mol. The summed E-state index contributed by atoms with van der Waals surface area (Å²) in [5.74, 6) is 0.848. The molecule has 0 saturated heterocycles. The molecule has 138 valence electrons. The molecule has 3 rings (SSSR count). The van der Waals surface area contributed by atoms with Crippen molar-refractivity contribution >= 4 is 17.3 Å². The van der Waals surface area contributed by atoms with Crippen molar-refractivity contribution in [3.63, 3.8) is 0 Å². The first-order valence-corrected chi connectivity index (χ1v) is 8.47. The topological polar surface area (TPSA) is 72.5 Å². The molecule has 0 fully saturated rings. The van der Waals surface area contributed by atoms with E-state index in [1.165, 1.54) is 5.56 Å². The van der Waals surface area contributed by atoms with Crippen LogP contribution in [0.3, 0.4) is 0 Å². The third-order valence-electron chi connectivity index (χ3n) is 3.99. The fraction of sp³-hybridized carbons (Fsp3) is 0.143. The maximum atomic E-state index is 12.5. The molecule has 0 saturated carbocycles. The quantitative estimate of drug-likeness (QED) is 0.665. The van der Waals surface area contributed by atoms with E-state index < -0.39 is 0 Å². The van der Waals surface area contributed by atoms with Gasteiger partial charge in [0.1, 0.15) is 17.2 Å². The summed E-state index contributed by atoms with van der Waals surface area (Å²) >= 11 is 0. The highest BCUT2D eigenvalue weighted by molar-refractivity contribution is 6.03. The minimum Gasteiger partial charge on any atom is -0.497 e. The van der Waals surface area contributed by atoms with Gasteiger partial charge in [0, 0.05) is 12.6 Å². The number of hydrogen-bond donors (Lipinski definition) is 2. The number of carbonyl (C=O) groups excluding carboxylic acids is 1. The van der Waals surface area contributed by atoms with Crippen molar-refractivity contribution in [1.29, 1.82) is 0 Å². The summed E-state index contributed by atoms with van der Waals surface area (Å²) in [6, 6.07) is 18.8. The molecule has 2 aromatic carbocycles. The molecule has 0 radical (unpaired) electrons. The second kappa shape index (κ2) is 8.71. The van der Waals surface area contributed by atoms with Crippen LogP contribution in [0.1, 0.15) is 16.1 Å². The third-order valence-corrected chi connectivity index (χ3v) is 3.99. The lowest BCUT2D eigenvalue weighted by atomic mass is 10.2. The lowest BCUT2D eigenvalue weighted by molar-refractivity contribution is 0.102. The van der Waals surface area contributed by atoms with Crippen molar-refractivity contribution in [1.82, 2.24) is 4.98 Å². The molecule has 1 amide bonds. The number of aromatic nitrogens is 1. The second-order valence-electron chi connectivity index (χ2n) is 5.79. The highest BCUT2D eigenvalue weighted by Gasteiger charge is 2.12. The fourth-order valence-corrected chi connectivity index (χ4v) is 2.53. The summed E-state index contributed by atoms with van der Waals surface area (Å²) in [4.78, 5) is 16.7. The number of methoxy groups -OCH3 is 2. The minimum atomic E-state index is -0.323. The number of carbonyl (C=O) groups is 1. The van der Waals surface area contributed by atoms with E-state index >= 15 is 0 Å². The van der Waals surface area contributed by atoms with Gasteiger partial charge in [-0.2, -0.15) is 0 Å². The van der Waals surface area contributed by atoms with E-state index in [2.05, 4.69) is 15.6 Å². The maximum absolute atomic E-state index is 12.5. The third kappa shape index (κ3) is 4.76. The van der Waals surface area contributed by atoms with Crippen LogP contribution in [0.5, 0.6) is 11.5 Å². The number of hydrogen-bond acceptors (Lipinski definition) is 5. The Morgan fingerprint density at radius 2 is 1.81 bits per heavy atom. The number of nitrogens with zero attached hydrogens (tertiary/aromatic N) is 1. The maximum Gasteiger partial charge on any atom is 0.274 e. The molecule has 6 nitrogen and oxygen atoms in total. The van der Waals surface area contributed by atoms with Gasteiger partial charge in [0.05, 0.1) is 31.8 Å². The molecule has 0 spiro atoms. The largest absolute Gasteiger partial charge is 0.497 e. The zero-order chi connectivity index (χ0) is 19.1. The standard InChI is InChI=1S/C21H21N3O3/c1-26-17-9-11-20(27-2)19(12-17)24-21(25)18-10-8-16(14-23-18)22-13-15-6-4-3-5-7-15/h3-12,14,22H,13H2,1-2H3,(H,24,25). The molecule has 0 aliphatic heterocycles. The summed E-state index contributed by atoms with van der Waals surface area (Å²) < 4.78 is 10.5. The predicted octanol–water partition coefficient (Wildman–Crippen LogP) is 3.96. The molecule has 0 atom stereocenters. The summed E-state index contributed by atoms with van der Waals surface area (Å²) in [5, 5.41) is 6.08. The Labute approximate surface area is 158 Å². The van der Waals surface area contributed by atoms with Crippen molar-refractivity contribution in [2.45, 2.75) is 6.54 Å². The van der Waals surface area contributed by atoms with E-state index in [-0.39, 0.29) is 5.91 Å². The van der Waals surface area contributed by atoms with Gasteiger partial charge in [0.2, 0.25) is 0 Å². The number of benzene rings is 2. The Kier molecular flexibility index (Phi) is 5.89. The molecule has 1 heterocycles. The highest BCUT2D eigenvalue weighted by atomic mass is 16.5. The zero-order valence-corrected chi connectivity index (χ0v) is 15.2. The van der Waals surface area contributed by atoms with Gasteiger partial charge in [0.15, 0.2) is 0 Å². The lowest BCUT2D eigenvalue weighted by Crippen LogP contribution is -2.14. The van der Waals surface area contributed by atoms with Gasteiger partial charge in [-0.1, -0.05) is 30.3 Å². The van der Waals surface area contributed by atoms with Crippen molar-refractivity contribution < 1.29 is 14.3 Å². The van der Waals surface area contributed by atoms with Crippen LogP contribution >= 0.6 is 0 Å². The second-order valence-corrected chi connectivity index (χ2v) is 5.79. The molecule has 0 bridgehead atoms. The van der Waals surface area contributed by atoms with E-state index in [9.17, 15) is 4.79 Å². The summed E-state index contributed by atoms with van der Waals surface area (Å²) in [6.45, 7) is 0.690. The Morgan fingerprint density at radius 3 is 2.48 bits per heavy atom. The van der Waals surface area contributed by atoms with Gasteiger partial charge in [-0.05, 0) is 29.8 Å². The summed E-state index contributed by atoms with van der Waals surface area (Å²) in [5.41, 5.74) is 2.85. The first-order chi connectivity index (χ1) is 13.2. The van der Waals surface area contributed by atoms with E-state index in [0.717, 1.165) is 5.69 Å². The SMILES string of the molecule is COc1ccc(OC)c(NC(=O)c2ccc(NCc3ccccc3)cn2)c1. The van der Waals surface area contributed by atoms with E-state index in [0.29, 0.717) is 29.4 Å². The van der Waals surface area contributed by atoms with Crippen LogP contribution < -0.4 is 20.1 Å². The van der Waals surface area contributed by atoms with Crippen LogP contribution in [-0.2, 0) is 6.54 Å². The first kappa shape index (κ1) is 18.3. The van der Waals surface area contributed by atoms with Crippen molar-refractivity contribution in [3.8, 4) is 11.5 Å². The average molecular weight is 363 g/mol. The van der Waals surface area contributed by atoms with E-state index in [1.54, 1.807) is 44.7 Å². The molecule has 3 aromatic rings. The number of nitrogens with one attached hydrogen (secondary N) is 2. The van der Waals surface area contributed by atoms with Crippen molar-refractivity contribution in [2.24, 2.45) is 0 Å². The molecule has 27 heavy (non-hydrogen) atoms. The molecule has 6 heteroatoms. The van der Waals surface area contributed by atoms with Crippen molar-refractivity contribution in [2.75, 3.05) is 24.9 Å². The molecule has 1 aromatic heterocycles. The number of ether oxygens (including phenoxy) is 2. The van der Waals surface area contributed by atoms with Gasteiger partial charge < -0.3 is 20.1 Å². The summed E-state index contributed by atoms with van der Waals surface area (Å²) in [6.07, 6.45) is 1.64. The van der Waals surface area contributed by atoms with Gasteiger partial charge in [-0.3, -0.25) is 4.79 Å². The van der Waals surface area contributed by atoms with Gasteiger partial charge in [0.25, 0.3) is 5.91 Å². The van der Waals surface area contributed by atoms with Gasteiger partial charge >= 0.3 is 0 Å². The van der Waals surface area contributed by atoms with E-state index in [4.69, 9.17) is 9.47 Å². The molecular formula is C21H21N3O3. The molecule has 0 aliphatic carbocycles. The van der Waals surface area contributed by atoms with Crippen LogP contribution in [0.4, 0.5) is 11.4 Å². The fourth-order valence-electron chi connectivity index (χ4n) is 2.53. The predicted molar refractivity (Wildman–Crippen MR) is 106 cm³/mol. The highest BCUT2D eigenvalue weighted by Crippen LogP contribution is 2.29. The van der Waals surface area contributed by atoms with Crippen molar-refractivity contribution in [3.05, 3.63) is 78.1 Å². The number of pyridine rings is 1. The normalized spacial score (nSPS) is 10.1. The summed E-state index contributed by atoms with van der Waals surface area (Å²) in [7, 11) is 3.11. The minimum absolute atomic E-state index is 0.310. The lowest BCUT2D eigenvalue weighted by Gasteiger charge is -2.12. The van der Waals surface area contributed by atoms with Crippen LogP contribution in [0.15, 0.2) is 66.9 Å². The van der Waals surface area contributed by atoms with Crippen LogP contribution in [-0.4, -0.2) is 25.1 Å². The molecular weight excluding hydrogens is 342 g/mol. The molecule has 2 N–H and O–H groups in total. The smallest absolute Gasteiger partial charge is 0.274 e. The van der Waals surface area contributed by atoms with Gasteiger partial charge in [-0.25, -0.2) is 4.98 Å². The number of anilines is 2. The molecule has 0 aliphatic rings. The van der Waals surface area contributed by atoms with Gasteiger partial charge in [-0.15, -0.1) is 0 Å². The Hall–Kier alpha value is -3.54. The number of amides is 1. The Morgan fingerprint density at radius 1 is 1.00 bits per heavy atom. The van der Waals surface area contributed by atoms with E-state index in [1.807, 2.05) is 36.4 Å². The van der Waals surface area contributed by atoms with Crippen LogP contribution in [0.25, 0.3) is 0 Å². The van der Waals surface area contributed by atoms with Crippen LogP contribution in [0, 0.1) is 0 Å². The Balaban J connectivity index is 1.65. The number of rotatable bonds is 7. The average Bonchev–Trinajstić information content (AvgIpc) is 2.73. The molecule has 0 unspecified atom stereocenters. The van der Waals surface area contributed by atoms with Crippen LogP contribution in [0.2, 0.25) is 0 Å². The Bertz CT molecular complexity index is 896.